The van der Waals surface area contributed by atoms with Gasteiger partial charge in [0.2, 0.25) is 0 Å². The molecule has 172 valence electrons. The molecular weight excluding hydrogens is 414 g/mol. The summed E-state index contributed by atoms with van der Waals surface area (Å²) in [7, 11) is 0. The van der Waals surface area contributed by atoms with Crippen LogP contribution in [0.15, 0.2) is 36.4 Å². The molecule has 0 amide bonds. The quantitative estimate of drug-likeness (QED) is 0.625. The third-order valence-corrected chi connectivity index (χ3v) is 7.77. The Morgan fingerprint density at radius 1 is 0.970 bits per heavy atom. The van der Waals surface area contributed by atoms with Gasteiger partial charge in [-0.15, -0.1) is 0 Å². The summed E-state index contributed by atoms with van der Waals surface area (Å²) in [5.74, 6) is -0.565. The highest BCUT2D eigenvalue weighted by Gasteiger charge is 2.34. The molecule has 4 heterocycles. The van der Waals surface area contributed by atoms with Crippen molar-refractivity contribution in [2.75, 3.05) is 31.1 Å². The van der Waals surface area contributed by atoms with Gasteiger partial charge < -0.3 is 10.0 Å². The summed E-state index contributed by atoms with van der Waals surface area (Å²) >= 11 is 0. The van der Waals surface area contributed by atoms with Crippen LogP contribution in [0.2, 0.25) is 0 Å². The number of para-hydroxylation sites is 1. The molecule has 2 aromatic heterocycles. The van der Waals surface area contributed by atoms with Crippen molar-refractivity contribution in [3.05, 3.63) is 47.8 Å². The third-order valence-electron chi connectivity index (χ3n) is 7.77. The minimum absolute atomic E-state index is 0.0937. The number of rotatable bonds is 5. The van der Waals surface area contributed by atoms with Gasteiger partial charge in [-0.25, -0.2) is 14.5 Å². The number of fused-ring (bicyclic) bond motifs is 1. The van der Waals surface area contributed by atoms with Gasteiger partial charge in [0, 0.05) is 25.0 Å². The molecule has 2 aliphatic heterocycles. The van der Waals surface area contributed by atoms with E-state index < -0.39 is 5.97 Å². The number of aromatic nitrogens is 3. The maximum Gasteiger partial charge on any atom is 0.354 e. The number of carboxylic acid groups (broad SMARTS) is 1. The van der Waals surface area contributed by atoms with E-state index in [0.717, 1.165) is 54.8 Å². The summed E-state index contributed by atoms with van der Waals surface area (Å²) in [4.78, 5) is 21.7. The number of aromatic carboxylic acids is 1. The molecule has 0 unspecified atom stereocenters. The zero-order valence-electron chi connectivity index (χ0n) is 19.0. The van der Waals surface area contributed by atoms with Gasteiger partial charge >= 0.3 is 5.97 Å². The van der Waals surface area contributed by atoms with E-state index in [1.165, 1.54) is 38.8 Å². The SMILES string of the molecule is O=C(O)c1cc(N2CC[C@@H](N3CCCCC3)C2)c2c(C3CCC3)nn(-c3ccccc3)c2n1. The topological polar surface area (TPSA) is 74.5 Å². The molecule has 6 rings (SSSR count). The summed E-state index contributed by atoms with van der Waals surface area (Å²) < 4.78 is 1.86. The standard InChI is InChI=1S/C26H31N5O2/c32-26(33)21-16-22(30-15-12-20(17-30)29-13-5-2-6-14-29)23-24(18-8-7-9-18)28-31(25(23)27-21)19-10-3-1-4-11-19/h1,3-4,10-11,16,18,20H,2,5-9,12-15,17H2,(H,32,33)/t20-/m1/s1. The molecule has 0 spiro atoms. The number of pyridine rings is 1. The molecule has 0 bridgehead atoms. The maximum absolute atomic E-state index is 12.1. The number of carboxylic acids is 1. The zero-order chi connectivity index (χ0) is 22.4. The predicted molar refractivity (Wildman–Crippen MR) is 128 cm³/mol. The Kier molecular flexibility index (Phi) is 5.29. The Morgan fingerprint density at radius 3 is 2.45 bits per heavy atom. The fourth-order valence-corrected chi connectivity index (χ4v) is 5.74. The van der Waals surface area contributed by atoms with Crippen LogP contribution in [0.5, 0.6) is 0 Å². The molecule has 7 nitrogen and oxygen atoms in total. The number of anilines is 1. The minimum atomic E-state index is -0.990. The van der Waals surface area contributed by atoms with E-state index in [1.54, 1.807) is 6.07 Å². The summed E-state index contributed by atoms with van der Waals surface area (Å²) in [6, 6.07) is 12.3. The van der Waals surface area contributed by atoms with Gasteiger partial charge in [-0.1, -0.05) is 31.0 Å². The first-order valence-corrected chi connectivity index (χ1v) is 12.4. The lowest BCUT2D eigenvalue weighted by Crippen LogP contribution is -2.40. The first-order chi connectivity index (χ1) is 16.2. The zero-order valence-corrected chi connectivity index (χ0v) is 19.0. The van der Waals surface area contributed by atoms with Gasteiger partial charge in [-0.3, -0.25) is 4.90 Å². The van der Waals surface area contributed by atoms with Gasteiger partial charge in [-0.2, -0.15) is 5.10 Å². The van der Waals surface area contributed by atoms with E-state index in [-0.39, 0.29) is 5.69 Å². The van der Waals surface area contributed by atoms with E-state index in [1.807, 2.05) is 35.0 Å². The maximum atomic E-state index is 12.1. The smallest absolute Gasteiger partial charge is 0.354 e. The minimum Gasteiger partial charge on any atom is -0.477 e. The van der Waals surface area contributed by atoms with E-state index in [0.29, 0.717) is 17.6 Å². The molecule has 3 aromatic rings. The fourth-order valence-electron chi connectivity index (χ4n) is 5.74. The first kappa shape index (κ1) is 20.7. The molecule has 2 saturated heterocycles. The summed E-state index contributed by atoms with van der Waals surface area (Å²) in [6.45, 7) is 4.26. The Labute approximate surface area is 194 Å². The van der Waals surface area contributed by atoms with Crippen LogP contribution < -0.4 is 4.90 Å². The lowest BCUT2D eigenvalue weighted by atomic mass is 9.82. The van der Waals surface area contributed by atoms with Crippen molar-refractivity contribution in [2.45, 2.75) is 56.9 Å². The second-order valence-corrected chi connectivity index (χ2v) is 9.78. The number of likely N-dealkylation sites (tertiary alicyclic amines) is 1. The van der Waals surface area contributed by atoms with Crippen LogP contribution in [0, 0.1) is 0 Å². The van der Waals surface area contributed by atoms with Crippen LogP contribution in [0.4, 0.5) is 5.69 Å². The van der Waals surface area contributed by atoms with Crippen LogP contribution in [0.3, 0.4) is 0 Å². The van der Waals surface area contributed by atoms with E-state index in [4.69, 9.17) is 5.10 Å². The molecular formula is C26H31N5O2. The lowest BCUT2D eigenvalue weighted by Gasteiger charge is -2.32. The molecule has 1 aromatic carbocycles. The number of carbonyl (C=O) groups is 1. The lowest BCUT2D eigenvalue weighted by molar-refractivity contribution is 0.0691. The molecule has 1 N–H and O–H groups in total. The highest BCUT2D eigenvalue weighted by molar-refractivity contribution is 5.98. The predicted octanol–water partition coefficient (Wildman–Crippen LogP) is 4.45. The van der Waals surface area contributed by atoms with Crippen molar-refractivity contribution < 1.29 is 9.90 Å². The van der Waals surface area contributed by atoms with Crippen LogP contribution in [-0.2, 0) is 0 Å². The number of hydrogen-bond acceptors (Lipinski definition) is 5. The van der Waals surface area contributed by atoms with Gasteiger partial charge in [0.1, 0.15) is 0 Å². The van der Waals surface area contributed by atoms with Gasteiger partial charge in [0.05, 0.1) is 22.5 Å². The van der Waals surface area contributed by atoms with Crippen LogP contribution in [-0.4, -0.2) is 63.0 Å². The van der Waals surface area contributed by atoms with Crippen molar-refractivity contribution in [1.82, 2.24) is 19.7 Å². The molecule has 0 radical (unpaired) electrons. The van der Waals surface area contributed by atoms with Crippen molar-refractivity contribution in [3.8, 4) is 5.69 Å². The van der Waals surface area contributed by atoms with Crippen molar-refractivity contribution >= 4 is 22.7 Å². The van der Waals surface area contributed by atoms with E-state index in [9.17, 15) is 9.90 Å². The van der Waals surface area contributed by atoms with Crippen molar-refractivity contribution in [1.29, 1.82) is 0 Å². The van der Waals surface area contributed by atoms with Crippen molar-refractivity contribution in [3.63, 3.8) is 0 Å². The molecule has 1 atom stereocenters. The average molecular weight is 446 g/mol. The summed E-state index contributed by atoms with van der Waals surface area (Å²) in [5, 5.41) is 16.0. The normalized spacial score (nSPS) is 22.1. The molecule has 3 fully saturated rings. The Hall–Kier alpha value is -2.93. The van der Waals surface area contributed by atoms with E-state index >= 15 is 0 Å². The van der Waals surface area contributed by atoms with Crippen LogP contribution >= 0.6 is 0 Å². The van der Waals surface area contributed by atoms with Gasteiger partial charge in [-0.05, 0) is 63.4 Å². The number of nitrogens with zero attached hydrogens (tertiary/aromatic N) is 5. The Morgan fingerprint density at radius 2 is 1.76 bits per heavy atom. The van der Waals surface area contributed by atoms with Gasteiger partial charge in [0.25, 0.3) is 0 Å². The second-order valence-electron chi connectivity index (χ2n) is 9.78. The molecule has 1 aliphatic carbocycles. The highest BCUT2D eigenvalue weighted by atomic mass is 16.4. The fraction of sp³-hybridized carbons (Fsp3) is 0.500. The number of piperidine rings is 1. The van der Waals surface area contributed by atoms with E-state index in [2.05, 4.69) is 14.8 Å². The number of hydrogen-bond donors (Lipinski definition) is 1. The second kappa shape index (κ2) is 8.45. The average Bonchev–Trinajstić information content (AvgIpc) is 3.45. The van der Waals surface area contributed by atoms with Crippen LogP contribution in [0.1, 0.15) is 67.0 Å². The van der Waals surface area contributed by atoms with Gasteiger partial charge in [0.15, 0.2) is 11.3 Å². The molecule has 1 saturated carbocycles. The summed E-state index contributed by atoms with van der Waals surface area (Å²) in [5.41, 5.74) is 3.76. The van der Waals surface area contributed by atoms with Crippen LogP contribution in [0.25, 0.3) is 16.7 Å². The van der Waals surface area contributed by atoms with Crippen molar-refractivity contribution in [2.24, 2.45) is 0 Å². The largest absolute Gasteiger partial charge is 0.477 e. The Balaban J connectivity index is 1.48. The Bertz CT molecular complexity index is 1160. The molecule has 33 heavy (non-hydrogen) atoms. The third kappa shape index (κ3) is 3.68. The number of benzene rings is 1. The first-order valence-electron chi connectivity index (χ1n) is 12.4. The molecule has 7 heteroatoms. The summed E-state index contributed by atoms with van der Waals surface area (Å²) in [6.07, 6.45) is 8.53. The highest BCUT2D eigenvalue weighted by Crippen LogP contribution is 2.43. The monoisotopic (exact) mass is 445 g/mol. The molecule has 3 aliphatic rings.